The van der Waals surface area contributed by atoms with Gasteiger partial charge in [-0.05, 0) is 50.2 Å². The smallest absolute Gasteiger partial charge is 0.338 e. The fourth-order valence-electron chi connectivity index (χ4n) is 2.64. The van der Waals surface area contributed by atoms with E-state index in [-0.39, 0.29) is 16.1 Å². The molecule has 3 rings (SSSR count). The minimum Gasteiger partial charge on any atom is -0.478 e. The van der Waals surface area contributed by atoms with Gasteiger partial charge in [0.05, 0.1) is 5.56 Å². The molecule has 1 heterocycles. The molecule has 0 amide bonds. The lowest BCUT2D eigenvalue weighted by Gasteiger charge is -2.29. The molecule has 0 saturated carbocycles. The number of carboxylic acids is 1. The minimum absolute atomic E-state index is 0.0965. The molecular weight excluding hydrogens is 339 g/mol. The highest BCUT2D eigenvalue weighted by Crippen LogP contribution is 2.42. The molecule has 0 aromatic heterocycles. The molecule has 1 aliphatic heterocycles. The van der Waals surface area contributed by atoms with Gasteiger partial charge in [0, 0.05) is 32.8 Å². The van der Waals surface area contributed by atoms with Crippen LogP contribution in [0.4, 0.5) is 4.39 Å². The summed E-state index contributed by atoms with van der Waals surface area (Å²) in [4.78, 5) is 24.1. The number of halogens is 1. The average Bonchev–Trinajstić information content (AvgIpc) is 2.52. The third kappa shape index (κ3) is 3.75. The summed E-state index contributed by atoms with van der Waals surface area (Å²) in [6.07, 6.45) is 0.476. The second-order valence-electron chi connectivity index (χ2n) is 6.42. The van der Waals surface area contributed by atoms with Crippen LogP contribution in [0.5, 0.6) is 0 Å². The van der Waals surface area contributed by atoms with Crippen molar-refractivity contribution in [3.05, 3.63) is 64.5 Å². The Labute approximate surface area is 149 Å². The summed E-state index contributed by atoms with van der Waals surface area (Å²) in [6, 6.07) is 9.22. The molecule has 0 spiro atoms. The summed E-state index contributed by atoms with van der Waals surface area (Å²) in [5.41, 5.74) is 1.32. The van der Waals surface area contributed by atoms with E-state index in [1.165, 1.54) is 12.1 Å². The van der Waals surface area contributed by atoms with E-state index in [9.17, 15) is 14.0 Å². The van der Waals surface area contributed by atoms with E-state index in [1.54, 1.807) is 17.8 Å². The van der Waals surface area contributed by atoms with Crippen molar-refractivity contribution in [2.45, 2.75) is 29.9 Å². The van der Waals surface area contributed by atoms with E-state index >= 15 is 0 Å². The molecule has 0 atom stereocenters. The molecule has 126 valence electrons. The molecule has 25 heavy (non-hydrogen) atoms. The van der Waals surface area contributed by atoms with Crippen LogP contribution in [0.3, 0.4) is 0 Å². The van der Waals surface area contributed by atoms with Crippen LogP contribution in [-0.4, -0.2) is 21.6 Å². The zero-order valence-electron chi connectivity index (χ0n) is 13.7. The number of thioether (sulfide) groups is 1. The predicted octanol–water partition coefficient (Wildman–Crippen LogP) is 4.38. The molecule has 2 aromatic rings. The molecule has 2 aromatic carbocycles. The molecule has 0 fully saturated rings. The first-order valence-corrected chi connectivity index (χ1v) is 8.48. The van der Waals surface area contributed by atoms with Crippen LogP contribution < -0.4 is 0 Å². The van der Waals surface area contributed by atoms with Gasteiger partial charge in [-0.2, -0.15) is 0 Å². The van der Waals surface area contributed by atoms with Gasteiger partial charge in [0.25, 0.3) is 0 Å². The van der Waals surface area contributed by atoms with Gasteiger partial charge in [-0.25, -0.2) is 9.18 Å². The monoisotopic (exact) mass is 354 g/mol. The highest BCUT2D eigenvalue weighted by atomic mass is 32.2. The van der Waals surface area contributed by atoms with Crippen molar-refractivity contribution in [2.24, 2.45) is 0 Å². The summed E-state index contributed by atoms with van der Waals surface area (Å²) < 4.78 is 13.6. The van der Waals surface area contributed by atoms with Gasteiger partial charge in [-0.15, -0.1) is 11.8 Å². The normalized spacial score (nSPS) is 15.1. The van der Waals surface area contributed by atoms with Gasteiger partial charge in [0.15, 0.2) is 5.78 Å². The number of benzene rings is 2. The zero-order chi connectivity index (χ0) is 18.2. The molecule has 0 unspecified atom stereocenters. The average molecular weight is 354 g/mol. The Morgan fingerprint density at radius 3 is 2.44 bits per heavy atom. The maximum Gasteiger partial charge on any atom is 0.338 e. The fourth-order valence-corrected chi connectivity index (χ4v) is 3.86. The van der Waals surface area contributed by atoms with Crippen molar-refractivity contribution in [2.75, 3.05) is 0 Å². The number of hydrogen-bond donors (Lipinski definition) is 1. The second-order valence-corrected chi connectivity index (χ2v) is 8.17. The zero-order valence-corrected chi connectivity index (χ0v) is 14.5. The summed E-state index contributed by atoms with van der Waals surface area (Å²) in [7, 11) is 0. The van der Waals surface area contributed by atoms with Crippen molar-refractivity contribution < 1.29 is 19.1 Å². The summed E-state index contributed by atoms with van der Waals surface area (Å²) in [5, 5.41) is 8.83. The molecule has 1 N–H and O–H groups in total. The van der Waals surface area contributed by atoms with Crippen LogP contribution >= 0.6 is 11.8 Å². The summed E-state index contributed by atoms with van der Waals surface area (Å²) in [5.74, 6) is 3.67. The Morgan fingerprint density at radius 1 is 1.16 bits per heavy atom. The molecular formula is C20H15FO3S. The highest BCUT2D eigenvalue weighted by Gasteiger charge is 2.31. The van der Waals surface area contributed by atoms with Gasteiger partial charge in [-0.1, -0.05) is 11.8 Å². The SMILES string of the molecule is CC1(C)CC(=O)c2cc(C#Cc3ccc(C(=O)O)c(F)c3)ccc2S1. The molecule has 0 saturated heterocycles. The maximum absolute atomic E-state index is 13.7. The minimum atomic E-state index is -1.31. The lowest BCUT2D eigenvalue weighted by atomic mass is 9.98. The predicted molar refractivity (Wildman–Crippen MR) is 94.7 cm³/mol. The third-order valence-corrected chi connectivity index (χ3v) is 5.08. The molecule has 3 nitrogen and oxygen atoms in total. The Bertz CT molecular complexity index is 951. The Hall–Kier alpha value is -2.58. The fraction of sp³-hybridized carbons (Fsp3) is 0.200. The van der Waals surface area contributed by atoms with Crippen LogP contribution in [0.25, 0.3) is 0 Å². The number of hydrogen-bond acceptors (Lipinski definition) is 3. The Morgan fingerprint density at radius 2 is 1.80 bits per heavy atom. The van der Waals surface area contributed by atoms with Gasteiger partial charge in [-0.3, -0.25) is 4.79 Å². The van der Waals surface area contributed by atoms with Crippen LogP contribution in [0.2, 0.25) is 0 Å². The number of Topliss-reactive ketones (excluding diaryl/α,β-unsaturated/α-hetero) is 1. The van der Waals surface area contributed by atoms with E-state index < -0.39 is 11.8 Å². The van der Waals surface area contributed by atoms with Crippen molar-refractivity contribution in [1.29, 1.82) is 0 Å². The third-order valence-electron chi connectivity index (χ3n) is 3.80. The quantitative estimate of drug-likeness (QED) is 0.772. The first-order valence-electron chi connectivity index (χ1n) is 7.66. The lowest BCUT2D eigenvalue weighted by molar-refractivity contribution is 0.0691. The van der Waals surface area contributed by atoms with Crippen LogP contribution in [0.15, 0.2) is 41.3 Å². The van der Waals surface area contributed by atoms with E-state index in [4.69, 9.17) is 5.11 Å². The standard InChI is InChI=1S/C20H15FO3S/c1-20(2)11-17(22)15-9-12(6-8-18(15)25-20)3-4-13-5-7-14(19(23)24)16(21)10-13/h5-10H,11H2,1-2H3,(H,23,24). The lowest BCUT2D eigenvalue weighted by Crippen LogP contribution is -2.25. The molecule has 0 aliphatic carbocycles. The molecule has 1 aliphatic rings. The number of carboxylic acid groups (broad SMARTS) is 1. The number of ketones is 1. The van der Waals surface area contributed by atoms with Crippen molar-refractivity contribution in [3.8, 4) is 11.8 Å². The van der Waals surface area contributed by atoms with Crippen LogP contribution in [0.1, 0.15) is 52.1 Å². The van der Waals surface area contributed by atoms with Gasteiger partial charge in [0.1, 0.15) is 5.82 Å². The van der Waals surface area contributed by atoms with Crippen LogP contribution in [0, 0.1) is 17.7 Å². The Kier molecular flexibility index (Phi) is 4.40. The number of aromatic carboxylic acids is 1. The second kappa shape index (κ2) is 6.38. The number of rotatable bonds is 1. The van der Waals surface area contributed by atoms with E-state index in [0.29, 0.717) is 23.1 Å². The largest absolute Gasteiger partial charge is 0.478 e. The van der Waals surface area contributed by atoms with Gasteiger partial charge in [0.2, 0.25) is 0 Å². The maximum atomic E-state index is 13.7. The Balaban J connectivity index is 1.90. The van der Waals surface area contributed by atoms with E-state index in [2.05, 4.69) is 11.8 Å². The first kappa shape index (κ1) is 17.2. The van der Waals surface area contributed by atoms with Crippen molar-refractivity contribution >= 4 is 23.5 Å². The molecule has 5 heteroatoms. The number of carbonyl (C=O) groups is 2. The van der Waals surface area contributed by atoms with E-state index in [0.717, 1.165) is 11.0 Å². The van der Waals surface area contributed by atoms with Crippen molar-refractivity contribution in [3.63, 3.8) is 0 Å². The summed E-state index contributed by atoms with van der Waals surface area (Å²) in [6.45, 7) is 4.09. The topological polar surface area (TPSA) is 54.4 Å². The first-order chi connectivity index (χ1) is 11.7. The highest BCUT2D eigenvalue weighted by molar-refractivity contribution is 8.00. The van der Waals surface area contributed by atoms with Gasteiger partial charge >= 0.3 is 5.97 Å². The molecule has 0 radical (unpaired) electrons. The van der Waals surface area contributed by atoms with E-state index in [1.807, 2.05) is 26.0 Å². The number of carbonyl (C=O) groups excluding carboxylic acids is 1. The van der Waals surface area contributed by atoms with Crippen molar-refractivity contribution in [1.82, 2.24) is 0 Å². The number of fused-ring (bicyclic) bond motifs is 1. The molecule has 0 bridgehead atoms. The van der Waals surface area contributed by atoms with Crippen LogP contribution in [-0.2, 0) is 0 Å². The summed E-state index contributed by atoms with van der Waals surface area (Å²) >= 11 is 1.67. The van der Waals surface area contributed by atoms with Gasteiger partial charge < -0.3 is 5.11 Å².